The number of para-hydroxylation sites is 1. The maximum Gasteiger partial charge on any atom is 0.213 e. The Morgan fingerprint density at radius 1 is 0.821 bits per heavy atom. The first-order chi connectivity index (χ1) is 13.7. The highest BCUT2D eigenvalue weighted by atomic mass is 16.5. The molecule has 0 radical (unpaired) electrons. The smallest absolute Gasteiger partial charge is 0.213 e. The van der Waals surface area contributed by atoms with Gasteiger partial charge in [-0.2, -0.15) is 0 Å². The normalized spacial score (nSPS) is 11.5. The maximum atomic E-state index is 5.44. The molecule has 5 rings (SSSR count). The molecule has 0 aliphatic carbocycles. The van der Waals surface area contributed by atoms with Crippen LogP contribution in [0.1, 0.15) is 16.8 Å². The molecule has 0 bridgehead atoms. The largest absolute Gasteiger partial charge is 0.481 e. The molecule has 2 heterocycles. The van der Waals surface area contributed by atoms with Crippen LogP contribution in [0.3, 0.4) is 0 Å². The number of hydrogen-bond acceptors (Lipinski definition) is 2. The molecule has 0 fully saturated rings. The van der Waals surface area contributed by atoms with Crippen molar-refractivity contribution >= 4 is 32.6 Å². The molecule has 0 amide bonds. The van der Waals surface area contributed by atoms with E-state index >= 15 is 0 Å². The summed E-state index contributed by atoms with van der Waals surface area (Å²) in [5.41, 5.74) is 6.11. The van der Waals surface area contributed by atoms with Crippen molar-refractivity contribution in [1.82, 2.24) is 9.55 Å². The Balaban J connectivity index is 1.91. The molecule has 5 aromatic rings. The maximum absolute atomic E-state index is 5.44. The van der Waals surface area contributed by atoms with Crippen LogP contribution in [0.5, 0.6) is 5.88 Å². The van der Waals surface area contributed by atoms with Crippen LogP contribution >= 0.6 is 0 Å². The first-order valence-corrected chi connectivity index (χ1v) is 9.57. The third kappa shape index (κ3) is 2.47. The average molecular weight is 366 g/mol. The molecule has 2 aromatic heterocycles. The highest BCUT2D eigenvalue weighted by Gasteiger charge is 2.17. The van der Waals surface area contributed by atoms with Crippen LogP contribution in [0.25, 0.3) is 32.6 Å². The van der Waals surface area contributed by atoms with E-state index in [1.54, 1.807) is 7.11 Å². The number of pyridine rings is 1. The van der Waals surface area contributed by atoms with Gasteiger partial charge in [0, 0.05) is 40.0 Å². The number of hydrogen-bond donors (Lipinski definition) is 0. The van der Waals surface area contributed by atoms with E-state index in [9.17, 15) is 0 Å². The van der Waals surface area contributed by atoms with Crippen molar-refractivity contribution in [2.45, 2.75) is 20.4 Å². The van der Waals surface area contributed by atoms with Gasteiger partial charge in [-0.25, -0.2) is 4.98 Å². The SMILES string of the molecule is COc1cc2c(C)c3c(cc2c(C)n1)c1ccccc1n3Cc1ccccc1. The number of rotatable bonds is 3. The minimum atomic E-state index is 0.665. The molecular weight excluding hydrogens is 344 g/mol. The number of aryl methyl sites for hydroxylation is 2. The Morgan fingerprint density at radius 3 is 2.36 bits per heavy atom. The molecule has 0 unspecified atom stereocenters. The summed E-state index contributed by atoms with van der Waals surface area (Å²) in [4.78, 5) is 4.59. The highest BCUT2D eigenvalue weighted by Crippen LogP contribution is 2.37. The van der Waals surface area contributed by atoms with Crippen molar-refractivity contribution in [3.8, 4) is 5.88 Å². The van der Waals surface area contributed by atoms with E-state index in [1.165, 1.54) is 43.7 Å². The van der Waals surface area contributed by atoms with E-state index in [0.717, 1.165) is 12.2 Å². The molecule has 0 aliphatic heterocycles. The summed E-state index contributed by atoms with van der Waals surface area (Å²) in [6, 6.07) is 23.7. The summed E-state index contributed by atoms with van der Waals surface area (Å²) >= 11 is 0. The lowest BCUT2D eigenvalue weighted by atomic mass is 10.0. The van der Waals surface area contributed by atoms with Crippen LogP contribution < -0.4 is 4.74 Å². The minimum Gasteiger partial charge on any atom is -0.481 e. The molecule has 0 atom stereocenters. The van der Waals surface area contributed by atoms with Gasteiger partial charge in [0.15, 0.2) is 0 Å². The van der Waals surface area contributed by atoms with E-state index in [4.69, 9.17) is 4.74 Å². The lowest BCUT2D eigenvalue weighted by Gasteiger charge is -2.13. The Morgan fingerprint density at radius 2 is 1.57 bits per heavy atom. The summed E-state index contributed by atoms with van der Waals surface area (Å²) in [5.74, 6) is 0.665. The van der Waals surface area contributed by atoms with Crippen molar-refractivity contribution in [1.29, 1.82) is 0 Å². The number of aromatic nitrogens is 2. The zero-order valence-corrected chi connectivity index (χ0v) is 16.4. The number of nitrogens with zero attached hydrogens (tertiary/aromatic N) is 2. The summed E-state index contributed by atoms with van der Waals surface area (Å²) < 4.78 is 7.88. The first-order valence-electron chi connectivity index (χ1n) is 9.57. The van der Waals surface area contributed by atoms with E-state index < -0.39 is 0 Å². The topological polar surface area (TPSA) is 27.1 Å². The van der Waals surface area contributed by atoms with Crippen LogP contribution in [-0.4, -0.2) is 16.7 Å². The van der Waals surface area contributed by atoms with E-state index in [2.05, 4.69) is 90.1 Å². The molecule has 3 heteroatoms. The number of benzene rings is 3. The van der Waals surface area contributed by atoms with Gasteiger partial charge in [-0.15, -0.1) is 0 Å². The predicted molar refractivity (Wildman–Crippen MR) is 116 cm³/mol. The molecule has 0 N–H and O–H groups in total. The number of methoxy groups -OCH3 is 1. The Labute approximate surface area is 164 Å². The van der Waals surface area contributed by atoms with Gasteiger partial charge in [0.05, 0.1) is 12.6 Å². The fourth-order valence-electron chi connectivity index (χ4n) is 4.33. The summed E-state index contributed by atoms with van der Waals surface area (Å²) in [6.07, 6.45) is 0. The van der Waals surface area contributed by atoms with Crippen LogP contribution in [0.2, 0.25) is 0 Å². The predicted octanol–water partition coefficient (Wildman–Crippen LogP) is 6.02. The molecule has 0 saturated carbocycles. The standard InChI is InChI=1S/C25H22N2O/c1-16-20-14-24(28-3)26-17(2)21(20)13-22-19-11-7-8-12-23(19)27(25(16)22)15-18-9-5-4-6-10-18/h4-14H,15H2,1-3H3. The van der Waals surface area contributed by atoms with E-state index in [0.29, 0.717) is 5.88 Å². The van der Waals surface area contributed by atoms with Gasteiger partial charge in [-0.3, -0.25) is 0 Å². The zero-order valence-electron chi connectivity index (χ0n) is 16.4. The fraction of sp³-hybridized carbons (Fsp3) is 0.160. The van der Waals surface area contributed by atoms with Gasteiger partial charge in [-0.1, -0.05) is 48.5 Å². The van der Waals surface area contributed by atoms with Crippen molar-refractivity contribution in [3.05, 3.63) is 83.6 Å². The Hall–Kier alpha value is -3.33. The van der Waals surface area contributed by atoms with Gasteiger partial charge in [0.2, 0.25) is 5.88 Å². The van der Waals surface area contributed by atoms with Crippen molar-refractivity contribution in [2.75, 3.05) is 7.11 Å². The summed E-state index contributed by atoms with van der Waals surface area (Å²) in [6.45, 7) is 5.11. The Kier molecular flexibility index (Phi) is 3.83. The van der Waals surface area contributed by atoms with Crippen LogP contribution in [0.4, 0.5) is 0 Å². The van der Waals surface area contributed by atoms with Crippen LogP contribution in [-0.2, 0) is 6.54 Å². The minimum absolute atomic E-state index is 0.665. The van der Waals surface area contributed by atoms with Gasteiger partial charge in [0.25, 0.3) is 0 Å². The lowest BCUT2D eigenvalue weighted by Crippen LogP contribution is -2.01. The van der Waals surface area contributed by atoms with Crippen molar-refractivity contribution < 1.29 is 4.74 Å². The van der Waals surface area contributed by atoms with Crippen molar-refractivity contribution in [2.24, 2.45) is 0 Å². The van der Waals surface area contributed by atoms with Gasteiger partial charge in [0.1, 0.15) is 0 Å². The van der Waals surface area contributed by atoms with Crippen LogP contribution in [0, 0.1) is 13.8 Å². The molecule has 0 aliphatic rings. The van der Waals surface area contributed by atoms with Gasteiger partial charge < -0.3 is 9.30 Å². The van der Waals surface area contributed by atoms with Gasteiger partial charge >= 0.3 is 0 Å². The quantitative estimate of drug-likeness (QED) is 0.390. The molecule has 0 spiro atoms. The van der Waals surface area contributed by atoms with Gasteiger partial charge in [-0.05, 0) is 42.5 Å². The van der Waals surface area contributed by atoms with E-state index in [1.807, 2.05) is 0 Å². The second-order valence-electron chi connectivity index (χ2n) is 7.33. The third-order valence-electron chi connectivity index (χ3n) is 5.68. The molecule has 3 aromatic carbocycles. The molecule has 0 saturated heterocycles. The first kappa shape index (κ1) is 16.8. The fourth-order valence-corrected chi connectivity index (χ4v) is 4.33. The molecule has 138 valence electrons. The lowest BCUT2D eigenvalue weighted by molar-refractivity contribution is 0.398. The average Bonchev–Trinajstić information content (AvgIpc) is 3.03. The zero-order chi connectivity index (χ0) is 19.3. The Bertz CT molecular complexity index is 1330. The number of ether oxygens (including phenoxy) is 1. The second kappa shape index (κ2) is 6.38. The van der Waals surface area contributed by atoms with E-state index in [-0.39, 0.29) is 0 Å². The molecular formula is C25H22N2O. The third-order valence-corrected chi connectivity index (χ3v) is 5.68. The molecule has 3 nitrogen and oxygen atoms in total. The second-order valence-corrected chi connectivity index (χ2v) is 7.33. The van der Waals surface area contributed by atoms with Crippen LogP contribution in [0.15, 0.2) is 66.7 Å². The summed E-state index contributed by atoms with van der Waals surface area (Å²) in [5, 5.41) is 4.96. The number of fused-ring (bicyclic) bond motifs is 4. The monoisotopic (exact) mass is 366 g/mol. The highest BCUT2D eigenvalue weighted by molar-refractivity contribution is 6.15. The molecule has 28 heavy (non-hydrogen) atoms. The summed E-state index contributed by atoms with van der Waals surface area (Å²) in [7, 11) is 1.67. The van der Waals surface area contributed by atoms with Crippen molar-refractivity contribution in [3.63, 3.8) is 0 Å².